The molecule has 0 aromatic heterocycles. The number of fused-ring (bicyclic) bond motifs is 2. The number of benzene rings is 1. The summed E-state index contributed by atoms with van der Waals surface area (Å²) in [5, 5.41) is 2.64. The Morgan fingerprint density at radius 3 is 2.57 bits per heavy atom. The lowest BCUT2D eigenvalue weighted by Crippen LogP contribution is -2.24. The van der Waals surface area contributed by atoms with Gasteiger partial charge in [-0.05, 0) is 61.6 Å². The van der Waals surface area contributed by atoms with Gasteiger partial charge in [0, 0.05) is 26.2 Å². The Morgan fingerprint density at radius 2 is 1.96 bits per heavy atom. The number of hydrogen-bond donors (Lipinski definition) is 1. The van der Waals surface area contributed by atoms with Crippen molar-refractivity contribution in [2.24, 2.45) is 17.8 Å². The van der Waals surface area contributed by atoms with E-state index in [0.29, 0.717) is 23.9 Å². The molecule has 2 saturated carbocycles. The summed E-state index contributed by atoms with van der Waals surface area (Å²) in [5.41, 5.74) is 1.11. The molecule has 7 nitrogen and oxygen atoms in total. The third kappa shape index (κ3) is 4.55. The van der Waals surface area contributed by atoms with Crippen LogP contribution in [0.4, 0.5) is 5.69 Å². The molecule has 0 aliphatic heterocycles. The van der Waals surface area contributed by atoms with Gasteiger partial charge in [-0.1, -0.05) is 12.5 Å². The van der Waals surface area contributed by atoms with E-state index in [0.717, 1.165) is 22.2 Å². The van der Waals surface area contributed by atoms with E-state index < -0.39 is 15.9 Å². The fourth-order valence-corrected chi connectivity index (χ4v) is 5.27. The first-order valence-electron chi connectivity index (χ1n) is 9.65. The molecular formula is C20H28N2O5S. The molecule has 1 aromatic carbocycles. The summed E-state index contributed by atoms with van der Waals surface area (Å²) in [7, 11) is -0.704. The lowest BCUT2D eigenvalue weighted by molar-refractivity contribution is -0.148. The molecular weight excluding hydrogens is 380 g/mol. The standard InChI is InChI=1S/C20H28N2O5S/c1-13-4-7-17(28(25,26)22(2)3)11-18(13)21-19(23)12-27-20(24)10-16-9-14-5-6-15(16)8-14/h4,7,11,14-16H,5-6,8-10,12H2,1-3H3,(H,21,23)/t14-,15-,16-/m1/s1. The molecule has 0 radical (unpaired) electrons. The maximum absolute atomic E-state index is 12.3. The molecule has 1 amide bonds. The SMILES string of the molecule is Cc1ccc(S(=O)(=O)N(C)C)cc1NC(=O)COC(=O)C[C@H]1C[C@@H]2CC[C@@H]1C2. The van der Waals surface area contributed by atoms with E-state index in [1.165, 1.54) is 45.5 Å². The zero-order valence-electron chi connectivity index (χ0n) is 16.6. The van der Waals surface area contributed by atoms with Crippen LogP contribution >= 0.6 is 0 Å². The van der Waals surface area contributed by atoms with E-state index in [1.54, 1.807) is 13.0 Å². The summed E-state index contributed by atoms with van der Waals surface area (Å²) in [6, 6.07) is 4.54. The van der Waals surface area contributed by atoms with Crippen molar-refractivity contribution in [3.8, 4) is 0 Å². The van der Waals surface area contributed by atoms with Crippen LogP contribution in [0.25, 0.3) is 0 Å². The molecule has 1 aromatic rings. The van der Waals surface area contributed by atoms with Crippen molar-refractivity contribution in [2.45, 2.75) is 43.9 Å². The highest BCUT2D eigenvalue weighted by Crippen LogP contribution is 2.49. The van der Waals surface area contributed by atoms with E-state index in [4.69, 9.17) is 4.74 Å². The first kappa shape index (κ1) is 20.8. The summed E-state index contributed by atoms with van der Waals surface area (Å²) in [5.74, 6) is 0.969. The Bertz CT molecular complexity index is 865. The normalized spacial score (nSPS) is 23.8. The second kappa shape index (κ2) is 8.21. The van der Waals surface area contributed by atoms with Gasteiger partial charge >= 0.3 is 5.97 Å². The Balaban J connectivity index is 1.54. The molecule has 0 unspecified atom stereocenters. The highest BCUT2D eigenvalue weighted by molar-refractivity contribution is 7.89. The Kier molecular flexibility index (Phi) is 6.09. The van der Waals surface area contributed by atoms with Gasteiger partial charge in [-0.2, -0.15) is 0 Å². The number of anilines is 1. The maximum atomic E-state index is 12.3. The number of ether oxygens (including phenoxy) is 1. The van der Waals surface area contributed by atoms with Crippen LogP contribution in [-0.4, -0.2) is 45.3 Å². The quantitative estimate of drug-likeness (QED) is 0.700. The summed E-state index contributed by atoms with van der Waals surface area (Å²) in [4.78, 5) is 24.3. The highest BCUT2D eigenvalue weighted by atomic mass is 32.2. The number of nitrogens with zero attached hydrogens (tertiary/aromatic N) is 1. The van der Waals surface area contributed by atoms with Crippen molar-refractivity contribution in [2.75, 3.05) is 26.0 Å². The van der Waals surface area contributed by atoms with Crippen LogP contribution in [0, 0.1) is 24.7 Å². The number of esters is 1. The van der Waals surface area contributed by atoms with Crippen molar-refractivity contribution in [3.63, 3.8) is 0 Å². The molecule has 2 bridgehead atoms. The predicted molar refractivity (Wildman–Crippen MR) is 105 cm³/mol. The van der Waals surface area contributed by atoms with E-state index >= 15 is 0 Å². The van der Waals surface area contributed by atoms with Gasteiger partial charge in [-0.15, -0.1) is 0 Å². The van der Waals surface area contributed by atoms with Crippen LogP contribution < -0.4 is 5.32 Å². The zero-order valence-corrected chi connectivity index (χ0v) is 17.4. The van der Waals surface area contributed by atoms with E-state index in [9.17, 15) is 18.0 Å². The van der Waals surface area contributed by atoms with Gasteiger partial charge in [0.25, 0.3) is 5.91 Å². The van der Waals surface area contributed by atoms with E-state index in [2.05, 4.69) is 5.32 Å². The van der Waals surface area contributed by atoms with Crippen LogP contribution in [0.5, 0.6) is 0 Å². The van der Waals surface area contributed by atoms with Crippen molar-refractivity contribution in [1.82, 2.24) is 4.31 Å². The average molecular weight is 409 g/mol. The summed E-state index contributed by atoms with van der Waals surface area (Å²) < 4.78 is 30.8. The van der Waals surface area contributed by atoms with Crippen molar-refractivity contribution in [3.05, 3.63) is 23.8 Å². The van der Waals surface area contributed by atoms with Crippen LogP contribution in [0.2, 0.25) is 0 Å². The lowest BCUT2D eigenvalue weighted by atomic mass is 9.86. The van der Waals surface area contributed by atoms with Crippen molar-refractivity contribution >= 4 is 27.6 Å². The summed E-state index contributed by atoms with van der Waals surface area (Å²) in [6.07, 6.45) is 5.18. The maximum Gasteiger partial charge on any atom is 0.306 e. The summed E-state index contributed by atoms with van der Waals surface area (Å²) >= 11 is 0. The van der Waals surface area contributed by atoms with Crippen LogP contribution in [-0.2, 0) is 24.3 Å². The smallest absolute Gasteiger partial charge is 0.306 e. The topological polar surface area (TPSA) is 92.8 Å². The predicted octanol–water partition coefficient (Wildman–Crippen LogP) is 2.55. The number of hydrogen-bond acceptors (Lipinski definition) is 5. The number of amides is 1. The molecule has 0 saturated heterocycles. The molecule has 8 heteroatoms. The average Bonchev–Trinajstić information content (AvgIpc) is 3.24. The van der Waals surface area contributed by atoms with Gasteiger partial charge < -0.3 is 10.1 Å². The Labute approximate surface area is 166 Å². The number of aryl methyl sites for hydroxylation is 1. The minimum Gasteiger partial charge on any atom is -0.456 e. The minimum atomic E-state index is -3.60. The van der Waals surface area contributed by atoms with Gasteiger partial charge in [-0.3, -0.25) is 9.59 Å². The molecule has 2 aliphatic carbocycles. The molecule has 2 fully saturated rings. The van der Waals surface area contributed by atoms with Crippen molar-refractivity contribution < 1.29 is 22.7 Å². The van der Waals surface area contributed by atoms with Gasteiger partial charge in [-0.25, -0.2) is 12.7 Å². The lowest BCUT2D eigenvalue weighted by Gasteiger charge is -2.20. The monoisotopic (exact) mass is 408 g/mol. The van der Waals surface area contributed by atoms with Crippen LogP contribution in [0.3, 0.4) is 0 Å². The molecule has 1 N–H and O–H groups in total. The van der Waals surface area contributed by atoms with Gasteiger partial charge in [0.05, 0.1) is 4.90 Å². The molecule has 28 heavy (non-hydrogen) atoms. The van der Waals surface area contributed by atoms with Crippen molar-refractivity contribution in [1.29, 1.82) is 0 Å². The number of nitrogens with one attached hydrogen (secondary N) is 1. The Morgan fingerprint density at radius 1 is 1.21 bits per heavy atom. The molecule has 0 heterocycles. The van der Waals surface area contributed by atoms with Gasteiger partial charge in [0.1, 0.15) is 0 Å². The van der Waals surface area contributed by atoms with Gasteiger partial charge in [0.2, 0.25) is 10.0 Å². The highest BCUT2D eigenvalue weighted by Gasteiger charge is 2.40. The second-order valence-corrected chi connectivity index (χ2v) is 10.3. The number of sulfonamides is 1. The minimum absolute atomic E-state index is 0.0895. The van der Waals surface area contributed by atoms with Crippen LogP contribution in [0.1, 0.15) is 37.7 Å². The molecule has 2 aliphatic rings. The first-order valence-corrected chi connectivity index (χ1v) is 11.1. The number of carbonyl (C=O) groups excluding carboxylic acids is 2. The third-order valence-electron chi connectivity index (χ3n) is 5.94. The fourth-order valence-electron chi connectivity index (χ4n) is 4.34. The second-order valence-electron chi connectivity index (χ2n) is 8.11. The fraction of sp³-hybridized carbons (Fsp3) is 0.600. The number of carbonyl (C=O) groups is 2. The third-order valence-corrected chi connectivity index (χ3v) is 7.75. The molecule has 0 spiro atoms. The first-order chi connectivity index (χ1) is 13.2. The number of rotatable bonds is 7. The largest absolute Gasteiger partial charge is 0.456 e. The Hall–Kier alpha value is -1.93. The van der Waals surface area contributed by atoms with Gasteiger partial charge in [0.15, 0.2) is 6.61 Å². The molecule has 3 rings (SSSR count). The zero-order chi connectivity index (χ0) is 20.5. The van der Waals surface area contributed by atoms with E-state index in [-0.39, 0.29) is 17.5 Å². The molecule has 3 atom stereocenters. The molecule has 154 valence electrons. The summed E-state index contributed by atoms with van der Waals surface area (Å²) in [6.45, 7) is 1.40. The van der Waals surface area contributed by atoms with E-state index in [1.807, 2.05) is 0 Å². The van der Waals surface area contributed by atoms with Crippen LogP contribution in [0.15, 0.2) is 23.1 Å².